The molecule has 1 aromatic heterocycles. The molecule has 0 unspecified atom stereocenters. The zero-order chi connectivity index (χ0) is 13.2. The van der Waals surface area contributed by atoms with Crippen LogP contribution in [0.2, 0.25) is 0 Å². The molecule has 98 valence electrons. The van der Waals surface area contributed by atoms with Gasteiger partial charge in [-0.2, -0.15) is 0 Å². The van der Waals surface area contributed by atoms with Crippen LogP contribution < -0.4 is 5.73 Å². The maximum atomic E-state index is 12.6. The fraction of sp³-hybridized carbons (Fsp3) is 0.312. The molecule has 1 fully saturated rings. The van der Waals surface area contributed by atoms with E-state index in [-0.39, 0.29) is 5.78 Å². The number of nitrogens with two attached hydrogens (primary N) is 1. The lowest BCUT2D eigenvalue weighted by Gasteiger charge is -2.10. The molecule has 1 aliphatic carbocycles. The first-order valence-corrected chi connectivity index (χ1v) is 7.62. The van der Waals surface area contributed by atoms with Crippen LogP contribution in [0, 0.1) is 0 Å². The van der Waals surface area contributed by atoms with E-state index in [0.717, 1.165) is 11.1 Å². The fourth-order valence-electron chi connectivity index (χ4n) is 2.90. The lowest BCUT2D eigenvalue weighted by atomic mass is 9.92. The molecule has 2 aromatic rings. The van der Waals surface area contributed by atoms with Crippen LogP contribution in [0.4, 0.5) is 5.00 Å². The van der Waals surface area contributed by atoms with Gasteiger partial charge in [-0.1, -0.05) is 43.2 Å². The van der Waals surface area contributed by atoms with Gasteiger partial charge in [0.25, 0.3) is 0 Å². The van der Waals surface area contributed by atoms with Crippen LogP contribution in [0.1, 0.15) is 53.1 Å². The van der Waals surface area contributed by atoms with Crippen LogP contribution in [-0.2, 0) is 0 Å². The highest BCUT2D eigenvalue weighted by molar-refractivity contribution is 7.14. The van der Waals surface area contributed by atoms with Crippen LogP contribution >= 0.6 is 11.3 Å². The van der Waals surface area contributed by atoms with Gasteiger partial charge >= 0.3 is 0 Å². The van der Waals surface area contributed by atoms with Gasteiger partial charge in [-0.05, 0) is 29.7 Å². The van der Waals surface area contributed by atoms with Crippen LogP contribution in [0.5, 0.6) is 0 Å². The Labute approximate surface area is 117 Å². The van der Waals surface area contributed by atoms with E-state index in [0.29, 0.717) is 10.9 Å². The summed E-state index contributed by atoms with van der Waals surface area (Å²) in [4.78, 5) is 12.6. The highest BCUT2D eigenvalue weighted by atomic mass is 32.1. The summed E-state index contributed by atoms with van der Waals surface area (Å²) in [6, 6.07) is 9.43. The summed E-state index contributed by atoms with van der Waals surface area (Å²) >= 11 is 1.50. The predicted molar refractivity (Wildman–Crippen MR) is 79.8 cm³/mol. The zero-order valence-corrected chi connectivity index (χ0v) is 11.6. The first-order valence-electron chi connectivity index (χ1n) is 6.74. The summed E-state index contributed by atoms with van der Waals surface area (Å²) in [6.45, 7) is 0. The second-order valence-corrected chi connectivity index (χ2v) is 6.02. The number of rotatable bonds is 3. The number of thiophene rings is 1. The predicted octanol–water partition coefficient (Wildman–Crippen LogP) is 4.22. The van der Waals surface area contributed by atoms with Crippen molar-refractivity contribution < 1.29 is 4.79 Å². The number of hydrogen-bond donors (Lipinski definition) is 1. The van der Waals surface area contributed by atoms with E-state index in [9.17, 15) is 4.79 Å². The van der Waals surface area contributed by atoms with Crippen LogP contribution in [-0.4, -0.2) is 5.78 Å². The van der Waals surface area contributed by atoms with E-state index in [2.05, 4.69) is 5.38 Å². The van der Waals surface area contributed by atoms with Gasteiger partial charge in [-0.3, -0.25) is 4.79 Å². The van der Waals surface area contributed by atoms with Gasteiger partial charge in [0, 0.05) is 5.56 Å². The molecule has 2 N–H and O–H groups in total. The zero-order valence-electron chi connectivity index (χ0n) is 10.8. The van der Waals surface area contributed by atoms with Crippen molar-refractivity contribution in [2.24, 2.45) is 0 Å². The number of anilines is 1. The Morgan fingerprint density at radius 1 is 1.16 bits per heavy atom. The first-order chi connectivity index (χ1) is 9.27. The summed E-state index contributed by atoms with van der Waals surface area (Å²) < 4.78 is 0. The number of benzene rings is 1. The summed E-state index contributed by atoms with van der Waals surface area (Å²) in [6.07, 6.45) is 4.90. The third kappa shape index (κ3) is 2.30. The normalized spacial score (nSPS) is 15.8. The summed E-state index contributed by atoms with van der Waals surface area (Å²) in [5, 5.41) is 2.75. The maximum Gasteiger partial charge on any atom is 0.196 e. The monoisotopic (exact) mass is 271 g/mol. The molecule has 3 rings (SSSR count). The van der Waals surface area contributed by atoms with E-state index in [1.807, 2.05) is 30.3 Å². The van der Waals surface area contributed by atoms with Gasteiger partial charge < -0.3 is 5.73 Å². The van der Waals surface area contributed by atoms with Crippen molar-refractivity contribution in [3.05, 3.63) is 52.4 Å². The third-order valence-corrected chi connectivity index (χ3v) is 4.74. The lowest BCUT2D eigenvalue weighted by molar-refractivity contribution is 0.103. The minimum atomic E-state index is 0.0706. The van der Waals surface area contributed by atoms with Crippen LogP contribution in [0.3, 0.4) is 0 Å². The molecule has 1 heterocycles. The third-order valence-electron chi connectivity index (χ3n) is 3.91. The molecule has 0 spiro atoms. The van der Waals surface area contributed by atoms with Gasteiger partial charge in [0.1, 0.15) is 0 Å². The summed E-state index contributed by atoms with van der Waals surface area (Å²) in [5.74, 6) is 0.595. The molecular formula is C16H17NOS. The molecule has 19 heavy (non-hydrogen) atoms. The quantitative estimate of drug-likeness (QED) is 0.849. The van der Waals surface area contributed by atoms with Gasteiger partial charge in [0.05, 0.1) is 10.6 Å². The Morgan fingerprint density at radius 3 is 2.53 bits per heavy atom. The molecule has 0 aliphatic heterocycles. The van der Waals surface area contributed by atoms with Gasteiger partial charge in [-0.25, -0.2) is 0 Å². The number of carbonyl (C=O) groups excluding carboxylic acids is 1. The van der Waals surface area contributed by atoms with Crippen molar-refractivity contribution in [2.45, 2.75) is 31.6 Å². The molecule has 0 atom stereocenters. The van der Waals surface area contributed by atoms with Crippen LogP contribution in [0.25, 0.3) is 0 Å². The van der Waals surface area contributed by atoms with E-state index < -0.39 is 0 Å². The Hall–Kier alpha value is -1.61. The molecule has 0 amide bonds. The molecule has 1 aliphatic rings. The molecule has 1 saturated carbocycles. The molecule has 1 aromatic carbocycles. The average Bonchev–Trinajstić information content (AvgIpc) is 3.08. The Balaban J connectivity index is 2.00. The number of ketones is 1. The Bertz CT molecular complexity index is 582. The van der Waals surface area contributed by atoms with Crippen LogP contribution in [0.15, 0.2) is 35.7 Å². The number of nitrogen functional groups attached to an aromatic ring is 1. The topological polar surface area (TPSA) is 43.1 Å². The van der Waals surface area contributed by atoms with Crippen molar-refractivity contribution in [2.75, 3.05) is 5.73 Å². The second kappa shape index (κ2) is 5.17. The molecule has 0 radical (unpaired) electrons. The number of carbonyl (C=O) groups is 1. The summed E-state index contributed by atoms with van der Waals surface area (Å²) in [7, 11) is 0. The number of hydrogen-bond acceptors (Lipinski definition) is 3. The minimum absolute atomic E-state index is 0.0706. The van der Waals surface area contributed by atoms with E-state index in [1.165, 1.54) is 42.6 Å². The lowest BCUT2D eigenvalue weighted by Crippen LogP contribution is -2.07. The van der Waals surface area contributed by atoms with E-state index in [1.54, 1.807) is 0 Å². The van der Waals surface area contributed by atoms with Crippen molar-refractivity contribution in [1.29, 1.82) is 0 Å². The van der Waals surface area contributed by atoms with Crippen molar-refractivity contribution in [3.8, 4) is 0 Å². The molecular weight excluding hydrogens is 254 g/mol. The SMILES string of the molecule is Nc1scc(C2CCCC2)c1C(=O)c1ccccc1. The Kier molecular flexibility index (Phi) is 3.38. The van der Waals surface area contributed by atoms with E-state index >= 15 is 0 Å². The van der Waals surface area contributed by atoms with Crippen molar-refractivity contribution >= 4 is 22.1 Å². The standard InChI is InChI=1S/C16H17NOS/c17-16-14(15(18)12-8-2-1-3-9-12)13(10-19-16)11-6-4-5-7-11/h1-3,8-11H,4-7,17H2. The van der Waals surface area contributed by atoms with Crippen molar-refractivity contribution in [3.63, 3.8) is 0 Å². The Morgan fingerprint density at radius 2 is 1.84 bits per heavy atom. The second-order valence-electron chi connectivity index (χ2n) is 5.11. The van der Waals surface area contributed by atoms with Gasteiger partial charge in [0.2, 0.25) is 0 Å². The molecule has 0 bridgehead atoms. The smallest absolute Gasteiger partial charge is 0.196 e. The molecule has 2 nitrogen and oxygen atoms in total. The van der Waals surface area contributed by atoms with E-state index in [4.69, 9.17) is 5.73 Å². The van der Waals surface area contributed by atoms with Crippen molar-refractivity contribution in [1.82, 2.24) is 0 Å². The first kappa shape index (κ1) is 12.4. The minimum Gasteiger partial charge on any atom is -0.390 e. The van der Waals surface area contributed by atoms with Gasteiger partial charge in [0.15, 0.2) is 5.78 Å². The van der Waals surface area contributed by atoms with Gasteiger partial charge in [-0.15, -0.1) is 11.3 Å². The molecule has 0 saturated heterocycles. The summed E-state index contributed by atoms with van der Waals surface area (Å²) in [5.41, 5.74) is 8.70. The average molecular weight is 271 g/mol. The highest BCUT2D eigenvalue weighted by Crippen LogP contribution is 2.40. The fourth-order valence-corrected chi connectivity index (χ4v) is 3.79. The molecule has 3 heteroatoms. The largest absolute Gasteiger partial charge is 0.390 e. The maximum absolute atomic E-state index is 12.6. The highest BCUT2D eigenvalue weighted by Gasteiger charge is 2.26.